The van der Waals surface area contributed by atoms with Gasteiger partial charge in [-0.1, -0.05) is 13.8 Å². The van der Waals surface area contributed by atoms with Crippen LogP contribution in [0.2, 0.25) is 0 Å². The Morgan fingerprint density at radius 2 is 2.23 bits per heavy atom. The third kappa shape index (κ3) is 2.44. The van der Waals surface area contributed by atoms with Crippen molar-refractivity contribution in [2.45, 2.75) is 44.9 Å². The second-order valence-corrected chi connectivity index (χ2v) is 7.30. The molecule has 1 aromatic heterocycles. The van der Waals surface area contributed by atoms with Gasteiger partial charge in [0.15, 0.2) is 0 Å². The number of nitrogens with two attached hydrogens (primary N) is 1. The first-order valence-electron chi connectivity index (χ1n) is 7.64. The molecule has 2 heterocycles. The van der Waals surface area contributed by atoms with Gasteiger partial charge in [0.2, 0.25) is 0 Å². The number of nitrogens with zero attached hydrogens (tertiary/aromatic N) is 3. The zero-order valence-corrected chi connectivity index (χ0v) is 13.2. The van der Waals surface area contributed by atoms with Crippen molar-refractivity contribution in [2.24, 2.45) is 30.0 Å². The molecule has 1 aliphatic carbocycles. The van der Waals surface area contributed by atoms with Gasteiger partial charge in [0.05, 0.1) is 30.2 Å². The van der Waals surface area contributed by atoms with Gasteiger partial charge in [-0.2, -0.15) is 10.4 Å². The average molecular weight is 302 g/mol. The number of aryl methyl sites for hydroxylation is 1. The largest absolute Gasteiger partial charge is 0.358 e. The third-order valence-electron chi connectivity index (χ3n) is 4.90. The summed E-state index contributed by atoms with van der Waals surface area (Å²) in [5.41, 5.74) is 6.89. The number of hydrogen-bond donors (Lipinski definition) is 1. The fourth-order valence-electron chi connectivity index (χ4n) is 4.00. The smallest absolute Gasteiger partial charge is 0.139 e. The van der Waals surface area contributed by atoms with Gasteiger partial charge in [0.1, 0.15) is 12.0 Å². The van der Waals surface area contributed by atoms with E-state index in [2.05, 4.69) is 25.0 Å². The highest BCUT2D eigenvalue weighted by Gasteiger charge is 2.53. The predicted octanol–water partition coefficient (Wildman–Crippen LogP) is 1.33. The highest BCUT2D eigenvalue weighted by Crippen LogP contribution is 2.49. The van der Waals surface area contributed by atoms with E-state index in [-0.39, 0.29) is 29.1 Å². The fraction of sp³-hybridized carbons (Fsp3) is 0.688. The van der Waals surface area contributed by atoms with Crippen molar-refractivity contribution in [3.05, 3.63) is 18.0 Å². The lowest BCUT2D eigenvalue weighted by Crippen LogP contribution is -2.56. The summed E-state index contributed by atoms with van der Waals surface area (Å²) in [6.45, 7) is 4.15. The Balaban J connectivity index is 2.03. The topological polar surface area (TPSA) is 93.9 Å². The van der Waals surface area contributed by atoms with E-state index in [0.29, 0.717) is 6.42 Å². The number of fused-ring (bicyclic) bond motifs is 1. The van der Waals surface area contributed by atoms with E-state index in [0.717, 1.165) is 12.0 Å². The monoisotopic (exact) mass is 302 g/mol. The maximum atomic E-state index is 12.7. The Morgan fingerprint density at radius 3 is 2.82 bits per heavy atom. The molecule has 0 amide bonds. The second-order valence-electron chi connectivity index (χ2n) is 7.30. The second kappa shape index (κ2) is 5.18. The van der Waals surface area contributed by atoms with Crippen molar-refractivity contribution in [3.63, 3.8) is 0 Å². The van der Waals surface area contributed by atoms with Crippen molar-refractivity contribution in [2.75, 3.05) is 0 Å². The van der Waals surface area contributed by atoms with Crippen LogP contribution in [-0.2, 0) is 16.6 Å². The van der Waals surface area contributed by atoms with Gasteiger partial charge in [-0.25, -0.2) is 0 Å². The molecule has 6 nitrogen and oxygen atoms in total. The summed E-state index contributed by atoms with van der Waals surface area (Å²) in [5, 5.41) is 13.7. The number of Topliss-reactive ketones (excluding diaryl/α,β-unsaturated/α-hetero) is 1. The summed E-state index contributed by atoms with van der Waals surface area (Å²) in [7, 11) is 1.83. The average Bonchev–Trinajstić information content (AvgIpc) is 2.82. The maximum absolute atomic E-state index is 12.7. The first kappa shape index (κ1) is 15.2. The molecule has 1 aromatic rings. The minimum Gasteiger partial charge on any atom is -0.358 e. The molecule has 0 unspecified atom stereocenters. The molecule has 0 spiro atoms. The quantitative estimate of drug-likeness (QED) is 0.844. The lowest BCUT2D eigenvalue weighted by atomic mass is 9.62. The Labute approximate surface area is 130 Å². The Morgan fingerprint density at radius 1 is 1.50 bits per heavy atom. The molecule has 22 heavy (non-hydrogen) atoms. The zero-order valence-electron chi connectivity index (χ0n) is 13.2. The molecule has 1 saturated carbocycles. The van der Waals surface area contributed by atoms with Crippen LogP contribution in [0.1, 0.15) is 38.2 Å². The molecule has 2 N–H and O–H groups in total. The number of rotatable bonds is 1. The molecule has 1 saturated heterocycles. The standard InChI is InChI=1S/C16H22N4O2/c1-16(2)4-11(21)14-12(5-16)22-15(18)10(6-17)13(14)9-7-19-20(3)8-9/h7-8,10,12-15H,4-5,18H2,1-3H3/t10-,12-,13+,14+,15+/m0/s1. The van der Waals surface area contributed by atoms with E-state index in [1.54, 1.807) is 10.9 Å². The van der Waals surface area contributed by atoms with Crippen molar-refractivity contribution in [3.8, 4) is 6.07 Å². The minimum absolute atomic E-state index is 0.0864. The van der Waals surface area contributed by atoms with Crippen LogP contribution in [0.3, 0.4) is 0 Å². The first-order valence-corrected chi connectivity index (χ1v) is 7.64. The van der Waals surface area contributed by atoms with Crippen LogP contribution in [-0.4, -0.2) is 27.9 Å². The predicted molar refractivity (Wildman–Crippen MR) is 79.4 cm³/mol. The van der Waals surface area contributed by atoms with E-state index in [4.69, 9.17) is 10.5 Å². The minimum atomic E-state index is -0.668. The summed E-state index contributed by atoms with van der Waals surface area (Å²) >= 11 is 0. The van der Waals surface area contributed by atoms with Crippen LogP contribution in [0, 0.1) is 28.6 Å². The lowest BCUT2D eigenvalue weighted by Gasteiger charge is -2.48. The molecule has 5 atom stereocenters. The van der Waals surface area contributed by atoms with E-state index in [1.807, 2.05) is 13.2 Å². The van der Waals surface area contributed by atoms with Gasteiger partial charge >= 0.3 is 0 Å². The molecule has 6 heteroatoms. The molecule has 0 bridgehead atoms. The van der Waals surface area contributed by atoms with Crippen LogP contribution < -0.4 is 5.73 Å². The van der Waals surface area contributed by atoms with Crippen molar-refractivity contribution in [1.29, 1.82) is 5.26 Å². The molecule has 2 aliphatic rings. The van der Waals surface area contributed by atoms with Gasteiger partial charge in [0.25, 0.3) is 0 Å². The van der Waals surface area contributed by atoms with E-state index in [9.17, 15) is 10.1 Å². The summed E-state index contributed by atoms with van der Waals surface area (Å²) in [4.78, 5) is 12.7. The summed E-state index contributed by atoms with van der Waals surface area (Å²) in [6.07, 6.45) is 4.02. The summed E-state index contributed by atoms with van der Waals surface area (Å²) in [5.74, 6) is -0.907. The molecular formula is C16H22N4O2. The van der Waals surface area contributed by atoms with Crippen LogP contribution >= 0.6 is 0 Å². The van der Waals surface area contributed by atoms with Crippen molar-refractivity contribution in [1.82, 2.24) is 9.78 Å². The van der Waals surface area contributed by atoms with E-state index >= 15 is 0 Å². The van der Waals surface area contributed by atoms with Crippen LogP contribution in [0.25, 0.3) is 0 Å². The number of hydrogen-bond acceptors (Lipinski definition) is 5. The molecule has 3 rings (SSSR count). The summed E-state index contributed by atoms with van der Waals surface area (Å²) in [6, 6.07) is 2.25. The molecule has 2 fully saturated rings. The van der Waals surface area contributed by atoms with E-state index in [1.165, 1.54) is 0 Å². The number of ketones is 1. The number of carbonyl (C=O) groups is 1. The molecule has 0 radical (unpaired) electrons. The van der Waals surface area contributed by atoms with Gasteiger partial charge in [-0.3, -0.25) is 9.48 Å². The number of ether oxygens (including phenoxy) is 1. The highest BCUT2D eigenvalue weighted by atomic mass is 16.5. The van der Waals surface area contributed by atoms with Crippen LogP contribution in [0.15, 0.2) is 12.4 Å². The molecule has 1 aliphatic heterocycles. The Kier molecular flexibility index (Phi) is 3.58. The normalized spacial score (nSPS) is 37.4. The fourth-order valence-corrected chi connectivity index (χ4v) is 4.00. The zero-order chi connectivity index (χ0) is 16.1. The molecule has 0 aromatic carbocycles. The van der Waals surface area contributed by atoms with Gasteiger partial charge in [-0.05, 0) is 17.4 Å². The summed E-state index contributed by atoms with van der Waals surface area (Å²) < 4.78 is 7.56. The van der Waals surface area contributed by atoms with Gasteiger partial charge < -0.3 is 10.5 Å². The number of aromatic nitrogens is 2. The first-order chi connectivity index (χ1) is 10.3. The van der Waals surface area contributed by atoms with Gasteiger partial charge in [0, 0.05) is 25.6 Å². The lowest BCUT2D eigenvalue weighted by molar-refractivity contribution is -0.163. The number of carbonyl (C=O) groups excluding carboxylic acids is 1. The Bertz CT molecular complexity index is 630. The van der Waals surface area contributed by atoms with Crippen LogP contribution in [0.5, 0.6) is 0 Å². The van der Waals surface area contributed by atoms with Crippen LogP contribution in [0.4, 0.5) is 0 Å². The Hall–Kier alpha value is -1.71. The molecule has 118 valence electrons. The SMILES string of the molecule is Cn1cc([C@@H]2[C@H](C#N)[C@H](N)O[C@H]3CC(C)(C)CC(=O)[C@@H]23)cn1. The van der Waals surface area contributed by atoms with Crippen molar-refractivity contribution < 1.29 is 9.53 Å². The molecular weight excluding hydrogens is 280 g/mol. The third-order valence-corrected chi connectivity index (χ3v) is 4.90. The maximum Gasteiger partial charge on any atom is 0.139 e. The number of nitriles is 1. The highest BCUT2D eigenvalue weighted by molar-refractivity contribution is 5.84. The van der Waals surface area contributed by atoms with Gasteiger partial charge in [-0.15, -0.1) is 0 Å². The van der Waals surface area contributed by atoms with E-state index < -0.39 is 12.1 Å². The van der Waals surface area contributed by atoms with Crippen molar-refractivity contribution >= 4 is 5.78 Å².